The Kier molecular flexibility index (Phi) is 4.08. The van der Waals surface area contributed by atoms with Gasteiger partial charge in [0.25, 0.3) is 0 Å². The first-order chi connectivity index (χ1) is 9.42. The largest absolute Gasteiger partial charge is 0.326 e. The van der Waals surface area contributed by atoms with Crippen LogP contribution < -0.4 is 5.32 Å². The lowest BCUT2D eigenvalue weighted by Crippen LogP contribution is -2.17. The third kappa shape index (κ3) is 3.32. The first-order valence-electron chi connectivity index (χ1n) is 6.86. The van der Waals surface area contributed by atoms with E-state index >= 15 is 0 Å². The molecule has 1 unspecified atom stereocenters. The van der Waals surface area contributed by atoms with E-state index < -0.39 is 0 Å². The van der Waals surface area contributed by atoms with Crippen LogP contribution in [0.25, 0.3) is 0 Å². The fourth-order valence-electron chi connectivity index (χ4n) is 2.40. The topological polar surface area (TPSA) is 29.9 Å². The molecular formula is C15H19N3S. The predicted octanol–water partition coefficient (Wildman–Crippen LogP) is 3.91. The molecule has 100 valence electrons. The van der Waals surface area contributed by atoms with E-state index in [-0.39, 0.29) is 0 Å². The second-order valence-electron chi connectivity index (χ2n) is 4.88. The number of benzene rings is 1. The number of nitrogens with zero attached hydrogens (tertiary/aromatic N) is 2. The van der Waals surface area contributed by atoms with E-state index in [0.717, 1.165) is 23.4 Å². The molecule has 1 aromatic heterocycles. The molecule has 0 radical (unpaired) electrons. The number of aromatic nitrogens is 2. The Hall–Kier alpha value is -1.42. The molecular weight excluding hydrogens is 254 g/mol. The number of nitrogens with one attached hydrogen (secondary N) is 1. The Labute approximate surface area is 118 Å². The Balaban J connectivity index is 1.68. The molecule has 0 amide bonds. The van der Waals surface area contributed by atoms with Crippen molar-refractivity contribution in [1.29, 1.82) is 0 Å². The van der Waals surface area contributed by atoms with Gasteiger partial charge in [0.2, 0.25) is 5.95 Å². The lowest BCUT2D eigenvalue weighted by atomic mass is 10.2. The molecule has 2 heterocycles. The summed E-state index contributed by atoms with van der Waals surface area (Å²) in [7, 11) is 0. The summed E-state index contributed by atoms with van der Waals surface area (Å²) >= 11 is 2.10. The quantitative estimate of drug-likeness (QED) is 0.916. The van der Waals surface area contributed by atoms with Crippen molar-refractivity contribution in [3.8, 4) is 0 Å². The Morgan fingerprint density at radius 1 is 1.26 bits per heavy atom. The average Bonchev–Trinajstić information content (AvgIpc) is 2.88. The molecule has 4 heteroatoms. The van der Waals surface area contributed by atoms with Gasteiger partial charge in [-0.25, -0.2) is 4.98 Å². The summed E-state index contributed by atoms with van der Waals surface area (Å²) in [6, 6.07) is 10.2. The lowest BCUT2D eigenvalue weighted by molar-refractivity contribution is 0.587. The van der Waals surface area contributed by atoms with Gasteiger partial charge in [-0.1, -0.05) is 24.6 Å². The zero-order valence-corrected chi connectivity index (χ0v) is 11.8. The smallest absolute Gasteiger partial charge is 0.207 e. The SMILES string of the molecule is c1ccc(Nc2nccn2CC2CCCCS2)cc1. The molecule has 1 atom stereocenters. The highest BCUT2D eigenvalue weighted by Crippen LogP contribution is 2.27. The van der Waals surface area contributed by atoms with Crippen LogP contribution in [0.5, 0.6) is 0 Å². The van der Waals surface area contributed by atoms with E-state index in [4.69, 9.17) is 0 Å². The second-order valence-corrected chi connectivity index (χ2v) is 6.29. The van der Waals surface area contributed by atoms with E-state index in [9.17, 15) is 0 Å². The van der Waals surface area contributed by atoms with E-state index in [1.165, 1.54) is 25.0 Å². The number of rotatable bonds is 4. The number of thioether (sulfide) groups is 1. The normalized spacial score (nSPS) is 19.3. The molecule has 1 fully saturated rings. The Morgan fingerprint density at radius 2 is 2.16 bits per heavy atom. The summed E-state index contributed by atoms with van der Waals surface area (Å²) in [5, 5.41) is 4.12. The van der Waals surface area contributed by atoms with Gasteiger partial charge in [0.1, 0.15) is 0 Å². The van der Waals surface area contributed by atoms with Crippen LogP contribution in [0.1, 0.15) is 19.3 Å². The van der Waals surface area contributed by atoms with Gasteiger partial charge in [-0.15, -0.1) is 0 Å². The van der Waals surface area contributed by atoms with Crippen LogP contribution in [0.2, 0.25) is 0 Å². The maximum absolute atomic E-state index is 4.42. The van der Waals surface area contributed by atoms with Gasteiger partial charge in [-0.3, -0.25) is 0 Å². The van der Waals surface area contributed by atoms with Crippen LogP contribution in [0.4, 0.5) is 11.6 Å². The van der Waals surface area contributed by atoms with Crippen molar-refractivity contribution in [3.05, 3.63) is 42.7 Å². The van der Waals surface area contributed by atoms with Crippen LogP contribution in [0, 0.1) is 0 Å². The summed E-state index contributed by atoms with van der Waals surface area (Å²) in [6.07, 6.45) is 8.01. The van der Waals surface area contributed by atoms with Gasteiger partial charge in [0.05, 0.1) is 0 Å². The molecule has 0 spiro atoms. The van der Waals surface area contributed by atoms with E-state index in [2.05, 4.69) is 45.0 Å². The number of anilines is 2. The van der Waals surface area contributed by atoms with Crippen molar-refractivity contribution in [3.63, 3.8) is 0 Å². The molecule has 0 bridgehead atoms. The fraction of sp³-hybridized carbons (Fsp3) is 0.400. The van der Waals surface area contributed by atoms with Crippen LogP contribution in [-0.4, -0.2) is 20.6 Å². The van der Waals surface area contributed by atoms with Gasteiger partial charge >= 0.3 is 0 Å². The van der Waals surface area contributed by atoms with Gasteiger partial charge in [0, 0.05) is 29.9 Å². The molecule has 3 nitrogen and oxygen atoms in total. The molecule has 0 saturated carbocycles. The Morgan fingerprint density at radius 3 is 2.95 bits per heavy atom. The number of imidazole rings is 1. The van der Waals surface area contributed by atoms with Gasteiger partial charge in [-0.05, 0) is 30.7 Å². The summed E-state index contributed by atoms with van der Waals surface area (Å²) in [5.74, 6) is 2.25. The van der Waals surface area contributed by atoms with E-state index in [0.29, 0.717) is 0 Å². The van der Waals surface area contributed by atoms with Crippen molar-refractivity contribution in [1.82, 2.24) is 9.55 Å². The number of para-hydroxylation sites is 1. The summed E-state index contributed by atoms with van der Waals surface area (Å²) in [6.45, 7) is 1.06. The fourth-order valence-corrected chi connectivity index (χ4v) is 3.71. The highest BCUT2D eigenvalue weighted by molar-refractivity contribution is 7.99. The molecule has 1 aromatic carbocycles. The van der Waals surface area contributed by atoms with Gasteiger partial charge in [-0.2, -0.15) is 11.8 Å². The second kappa shape index (κ2) is 6.15. The van der Waals surface area contributed by atoms with Crippen molar-refractivity contribution >= 4 is 23.4 Å². The van der Waals surface area contributed by atoms with Gasteiger partial charge in [0.15, 0.2) is 0 Å². The van der Waals surface area contributed by atoms with Crippen molar-refractivity contribution in [2.45, 2.75) is 31.1 Å². The highest BCUT2D eigenvalue weighted by atomic mass is 32.2. The maximum Gasteiger partial charge on any atom is 0.207 e. The average molecular weight is 273 g/mol. The summed E-state index contributed by atoms with van der Waals surface area (Å²) < 4.78 is 2.23. The zero-order chi connectivity index (χ0) is 12.9. The third-order valence-corrected chi connectivity index (χ3v) is 4.80. The first-order valence-corrected chi connectivity index (χ1v) is 7.91. The van der Waals surface area contributed by atoms with Crippen molar-refractivity contribution in [2.75, 3.05) is 11.1 Å². The van der Waals surface area contributed by atoms with E-state index in [1.807, 2.05) is 24.4 Å². The number of hydrogen-bond acceptors (Lipinski definition) is 3. The Bertz CT molecular complexity index is 503. The molecule has 19 heavy (non-hydrogen) atoms. The lowest BCUT2D eigenvalue weighted by Gasteiger charge is -2.22. The van der Waals surface area contributed by atoms with Crippen molar-refractivity contribution in [2.24, 2.45) is 0 Å². The molecule has 2 aromatic rings. The van der Waals surface area contributed by atoms with E-state index in [1.54, 1.807) is 0 Å². The van der Waals surface area contributed by atoms with Crippen LogP contribution in [0.15, 0.2) is 42.7 Å². The number of hydrogen-bond donors (Lipinski definition) is 1. The molecule has 1 aliphatic heterocycles. The van der Waals surface area contributed by atoms with Crippen molar-refractivity contribution < 1.29 is 0 Å². The van der Waals surface area contributed by atoms with Crippen LogP contribution >= 0.6 is 11.8 Å². The monoisotopic (exact) mass is 273 g/mol. The molecule has 3 rings (SSSR count). The molecule has 1 aliphatic rings. The highest BCUT2D eigenvalue weighted by Gasteiger charge is 2.15. The zero-order valence-electron chi connectivity index (χ0n) is 11.0. The minimum Gasteiger partial charge on any atom is -0.326 e. The molecule has 1 N–H and O–H groups in total. The van der Waals surface area contributed by atoms with Crippen LogP contribution in [-0.2, 0) is 6.54 Å². The predicted molar refractivity (Wildman–Crippen MR) is 82.0 cm³/mol. The third-order valence-electron chi connectivity index (χ3n) is 3.42. The standard InChI is InChI=1S/C15H19N3S/c1-2-6-13(7-3-1)17-15-16-9-10-18(15)12-14-8-4-5-11-19-14/h1-3,6-7,9-10,14H,4-5,8,11-12H2,(H,16,17). The minimum absolute atomic E-state index is 0.735. The first kappa shape index (κ1) is 12.6. The minimum atomic E-state index is 0.735. The van der Waals surface area contributed by atoms with Crippen LogP contribution in [0.3, 0.4) is 0 Å². The molecule has 0 aliphatic carbocycles. The molecule has 1 saturated heterocycles. The summed E-state index contributed by atoms with van der Waals surface area (Å²) in [5.41, 5.74) is 1.09. The summed E-state index contributed by atoms with van der Waals surface area (Å²) in [4.78, 5) is 4.42. The van der Waals surface area contributed by atoms with Gasteiger partial charge < -0.3 is 9.88 Å². The maximum atomic E-state index is 4.42.